The first kappa shape index (κ1) is 14.0. The lowest BCUT2D eigenvalue weighted by atomic mass is 10.1. The van der Waals surface area contributed by atoms with Gasteiger partial charge in [-0.2, -0.15) is 5.26 Å². The number of aryl methyl sites for hydroxylation is 1. The Kier molecular flexibility index (Phi) is 3.71. The van der Waals surface area contributed by atoms with Gasteiger partial charge in [0, 0.05) is 18.1 Å². The largest absolute Gasteiger partial charge is 0.379 e. The van der Waals surface area contributed by atoms with Crippen LogP contribution in [0.4, 0.5) is 10.1 Å². The molecule has 0 atom stereocenters. The maximum Gasteiger partial charge on any atom is 0.126 e. The van der Waals surface area contributed by atoms with Gasteiger partial charge in [-0.05, 0) is 30.2 Å². The molecule has 0 spiro atoms. The van der Waals surface area contributed by atoms with E-state index in [1.54, 1.807) is 25.3 Å². The normalized spacial score (nSPS) is 10.4. The van der Waals surface area contributed by atoms with E-state index in [0.29, 0.717) is 17.7 Å². The molecule has 0 radical (unpaired) electrons. The van der Waals surface area contributed by atoms with Gasteiger partial charge in [0.1, 0.15) is 11.9 Å². The van der Waals surface area contributed by atoms with E-state index in [1.165, 1.54) is 6.07 Å². The molecule has 1 aromatic heterocycles. The van der Waals surface area contributed by atoms with Gasteiger partial charge in [0.25, 0.3) is 0 Å². The molecule has 3 rings (SSSR count). The first-order valence-corrected chi connectivity index (χ1v) is 6.96. The quantitative estimate of drug-likeness (QED) is 0.788. The first-order chi connectivity index (χ1) is 10.7. The van der Waals surface area contributed by atoms with Crippen molar-refractivity contribution in [3.05, 3.63) is 71.2 Å². The Morgan fingerprint density at radius 2 is 2.05 bits per heavy atom. The molecule has 0 aliphatic carbocycles. The molecule has 22 heavy (non-hydrogen) atoms. The summed E-state index contributed by atoms with van der Waals surface area (Å²) in [5, 5.41) is 13.5. The summed E-state index contributed by atoms with van der Waals surface area (Å²) >= 11 is 0. The fourth-order valence-corrected chi connectivity index (χ4v) is 2.42. The summed E-state index contributed by atoms with van der Waals surface area (Å²) in [6, 6.07) is 14.8. The van der Waals surface area contributed by atoms with Gasteiger partial charge in [0.15, 0.2) is 0 Å². The van der Waals surface area contributed by atoms with Gasteiger partial charge in [-0.25, -0.2) is 4.39 Å². The number of nitriles is 1. The maximum absolute atomic E-state index is 13.3. The highest BCUT2D eigenvalue weighted by atomic mass is 19.1. The fourth-order valence-electron chi connectivity index (χ4n) is 2.42. The number of nitrogens with one attached hydrogen (secondary N) is 1. The fraction of sp³-hybridized carbons (Fsp3) is 0.111. The number of benzene rings is 2. The molecule has 3 aromatic rings. The standard InChI is InChI=1S/C18H14FN3/c1-12-8-13(6-7-16(12)19)10-22-18-14(9-20)11-21-17-5-3-2-4-15(17)18/h2-8,11H,10H2,1H3,(H,21,22). The summed E-state index contributed by atoms with van der Waals surface area (Å²) in [5.41, 5.74) is 3.66. The van der Waals surface area contributed by atoms with Crippen LogP contribution in [0, 0.1) is 24.1 Å². The number of pyridine rings is 1. The van der Waals surface area contributed by atoms with Gasteiger partial charge in [-0.1, -0.05) is 30.3 Å². The van der Waals surface area contributed by atoms with Crippen molar-refractivity contribution < 1.29 is 4.39 Å². The lowest BCUT2D eigenvalue weighted by molar-refractivity contribution is 0.617. The Morgan fingerprint density at radius 1 is 1.23 bits per heavy atom. The van der Waals surface area contributed by atoms with E-state index in [4.69, 9.17) is 0 Å². The Bertz CT molecular complexity index is 881. The van der Waals surface area contributed by atoms with E-state index in [0.717, 1.165) is 22.2 Å². The number of hydrogen-bond acceptors (Lipinski definition) is 3. The summed E-state index contributed by atoms with van der Waals surface area (Å²) in [6.07, 6.45) is 1.57. The van der Waals surface area contributed by atoms with E-state index in [-0.39, 0.29) is 5.82 Å². The van der Waals surface area contributed by atoms with E-state index < -0.39 is 0 Å². The second kappa shape index (κ2) is 5.82. The van der Waals surface area contributed by atoms with Crippen LogP contribution in [0.1, 0.15) is 16.7 Å². The molecule has 0 aliphatic heterocycles. The Hall–Kier alpha value is -2.93. The molecule has 0 amide bonds. The Labute approximate surface area is 128 Å². The maximum atomic E-state index is 13.3. The zero-order valence-corrected chi connectivity index (χ0v) is 12.1. The molecule has 2 aromatic carbocycles. The minimum Gasteiger partial charge on any atom is -0.379 e. The summed E-state index contributed by atoms with van der Waals surface area (Å²) < 4.78 is 13.3. The molecule has 0 aliphatic rings. The monoisotopic (exact) mass is 291 g/mol. The summed E-state index contributed by atoms with van der Waals surface area (Å²) in [7, 11) is 0. The van der Waals surface area contributed by atoms with Crippen molar-refractivity contribution in [1.82, 2.24) is 4.98 Å². The predicted molar refractivity (Wildman–Crippen MR) is 84.9 cm³/mol. The van der Waals surface area contributed by atoms with Crippen molar-refractivity contribution in [3.8, 4) is 6.07 Å². The van der Waals surface area contributed by atoms with Crippen molar-refractivity contribution in [2.45, 2.75) is 13.5 Å². The molecular weight excluding hydrogens is 277 g/mol. The zero-order chi connectivity index (χ0) is 15.5. The number of para-hydroxylation sites is 1. The van der Waals surface area contributed by atoms with Gasteiger partial charge in [0.05, 0.1) is 16.8 Å². The summed E-state index contributed by atoms with van der Waals surface area (Å²) in [4.78, 5) is 4.28. The molecule has 3 nitrogen and oxygen atoms in total. The van der Waals surface area contributed by atoms with E-state index in [1.807, 2.05) is 24.3 Å². The molecule has 4 heteroatoms. The number of anilines is 1. The molecule has 0 unspecified atom stereocenters. The predicted octanol–water partition coefficient (Wildman–Crippen LogP) is 4.17. The van der Waals surface area contributed by atoms with Crippen LogP contribution < -0.4 is 5.32 Å². The molecule has 0 fully saturated rings. The molecule has 108 valence electrons. The highest BCUT2D eigenvalue weighted by molar-refractivity contribution is 5.93. The van der Waals surface area contributed by atoms with Crippen LogP contribution in [0.2, 0.25) is 0 Å². The number of hydrogen-bond donors (Lipinski definition) is 1. The van der Waals surface area contributed by atoms with Crippen molar-refractivity contribution in [2.75, 3.05) is 5.32 Å². The Morgan fingerprint density at radius 3 is 2.82 bits per heavy atom. The van der Waals surface area contributed by atoms with Gasteiger partial charge in [-0.15, -0.1) is 0 Å². The third-order valence-corrected chi connectivity index (χ3v) is 3.59. The second-order valence-electron chi connectivity index (χ2n) is 5.11. The van der Waals surface area contributed by atoms with Gasteiger partial charge in [-0.3, -0.25) is 4.98 Å². The molecular formula is C18H14FN3. The molecule has 0 bridgehead atoms. The van der Waals surface area contributed by atoms with Gasteiger partial charge >= 0.3 is 0 Å². The lowest BCUT2D eigenvalue weighted by Crippen LogP contribution is -2.03. The highest BCUT2D eigenvalue weighted by Crippen LogP contribution is 2.26. The van der Waals surface area contributed by atoms with Gasteiger partial charge in [0.2, 0.25) is 0 Å². The average Bonchev–Trinajstić information content (AvgIpc) is 2.55. The van der Waals surface area contributed by atoms with Crippen molar-refractivity contribution in [3.63, 3.8) is 0 Å². The van der Waals surface area contributed by atoms with E-state index in [9.17, 15) is 9.65 Å². The lowest BCUT2D eigenvalue weighted by Gasteiger charge is -2.12. The van der Waals surface area contributed by atoms with Crippen molar-refractivity contribution in [2.24, 2.45) is 0 Å². The SMILES string of the molecule is Cc1cc(CNc2c(C#N)cnc3ccccc23)ccc1F. The number of halogens is 1. The first-order valence-electron chi connectivity index (χ1n) is 6.96. The molecule has 0 saturated carbocycles. The van der Waals surface area contributed by atoms with Crippen LogP contribution in [-0.2, 0) is 6.54 Å². The smallest absolute Gasteiger partial charge is 0.126 e. The average molecular weight is 291 g/mol. The third-order valence-electron chi connectivity index (χ3n) is 3.59. The topological polar surface area (TPSA) is 48.7 Å². The minimum atomic E-state index is -0.212. The third kappa shape index (κ3) is 2.61. The molecule has 0 saturated heterocycles. The van der Waals surface area contributed by atoms with Crippen LogP contribution in [0.15, 0.2) is 48.7 Å². The Balaban J connectivity index is 1.96. The summed E-state index contributed by atoms with van der Waals surface area (Å²) in [6.45, 7) is 2.26. The second-order valence-corrected chi connectivity index (χ2v) is 5.11. The molecule has 1 heterocycles. The van der Waals surface area contributed by atoms with E-state index in [2.05, 4.69) is 16.4 Å². The van der Waals surface area contributed by atoms with Crippen LogP contribution in [0.3, 0.4) is 0 Å². The highest BCUT2D eigenvalue weighted by Gasteiger charge is 2.08. The minimum absolute atomic E-state index is 0.212. The van der Waals surface area contributed by atoms with Crippen molar-refractivity contribution in [1.29, 1.82) is 5.26 Å². The molecule has 1 N–H and O–H groups in total. The summed E-state index contributed by atoms with van der Waals surface area (Å²) in [5.74, 6) is -0.212. The number of rotatable bonds is 3. The van der Waals surface area contributed by atoms with Gasteiger partial charge < -0.3 is 5.32 Å². The van der Waals surface area contributed by atoms with Crippen LogP contribution in [0.5, 0.6) is 0 Å². The van der Waals surface area contributed by atoms with Crippen molar-refractivity contribution >= 4 is 16.6 Å². The number of nitrogens with zero attached hydrogens (tertiary/aromatic N) is 2. The number of fused-ring (bicyclic) bond motifs is 1. The van der Waals surface area contributed by atoms with E-state index >= 15 is 0 Å². The zero-order valence-electron chi connectivity index (χ0n) is 12.1. The van der Waals surface area contributed by atoms with Crippen LogP contribution in [-0.4, -0.2) is 4.98 Å². The number of aromatic nitrogens is 1. The van der Waals surface area contributed by atoms with Crippen LogP contribution in [0.25, 0.3) is 10.9 Å². The van der Waals surface area contributed by atoms with Crippen LogP contribution >= 0.6 is 0 Å².